The molecule has 1 aliphatic heterocycles. The molecule has 0 unspecified atom stereocenters. The van der Waals surface area contributed by atoms with Crippen LogP contribution in [-0.4, -0.2) is 49.6 Å². The monoisotopic (exact) mass is 268 g/mol. The maximum atomic E-state index is 2.64. The highest BCUT2D eigenvalue weighted by Crippen LogP contribution is 2.11. The average Bonchev–Trinajstić information content (AvgIpc) is 2.43. The first kappa shape index (κ1) is 17.0. The van der Waals surface area contributed by atoms with Crippen LogP contribution in [0.5, 0.6) is 0 Å². The zero-order valence-electron chi connectivity index (χ0n) is 13.5. The Kier molecular flexibility index (Phi) is 10.5. The third-order valence-electron chi connectivity index (χ3n) is 4.42. The Morgan fingerprint density at radius 3 is 1.63 bits per heavy atom. The average molecular weight is 268 g/mol. The minimum absolute atomic E-state index is 1.26. The number of nitrogens with zero attached hydrogens (tertiary/aromatic N) is 2. The molecule has 0 radical (unpaired) electrons. The fourth-order valence-electron chi connectivity index (χ4n) is 2.89. The van der Waals surface area contributed by atoms with Gasteiger partial charge in [-0.2, -0.15) is 0 Å². The summed E-state index contributed by atoms with van der Waals surface area (Å²) in [5, 5.41) is 0. The van der Waals surface area contributed by atoms with E-state index in [1.807, 2.05) is 0 Å². The number of likely N-dealkylation sites (N-methyl/N-ethyl adjacent to an activating group) is 1. The van der Waals surface area contributed by atoms with E-state index in [1.165, 1.54) is 96.9 Å². The lowest BCUT2D eigenvalue weighted by Crippen LogP contribution is -2.44. The van der Waals surface area contributed by atoms with E-state index in [-0.39, 0.29) is 0 Å². The van der Waals surface area contributed by atoms with Crippen molar-refractivity contribution in [2.75, 3.05) is 39.8 Å². The number of hydrogen-bond acceptors (Lipinski definition) is 2. The summed E-state index contributed by atoms with van der Waals surface area (Å²) < 4.78 is 0. The summed E-state index contributed by atoms with van der Waals surface area (Å²) in [5.41, 5.74) is 0. The van der Waals surface area contributed by atoms with Crippen LogP contribution in [0.1, 0.15) is 71.1 Å². The summed E-state index contributed by atoms with van der Waals surface area (Å²) in [4.78, 5) is 5.08. The van der Waals surface area contributed by atoms with Gasteiger partial charge in [-0.3, -0.25) is 0 Å². The SMILES string of the molecule is CCCCCCCCCCCCN1CCN(C)CC1. The molecule has 114 valence electrons. The predicted molar refractivity (Wildman–Crippen MR) is 85.8 cm³/mol. The van der Waals surface area contributed by atoms with Crippen LogP contribution in [0.3, 0.4) is 0 Å². The van der Waals surface area contributed by atoms with Gasteiger partial charge in [0.1, 0.15) is 0 Å². The lowest BCUT2D eigenvalue weighted by molar-refractivity contribution is 0.152. The third kappa shape index (κ3) is 9.45. The van der Waals surface area contributed by atoms with Gasteiger partial charge in [0.25, 0.3) is 0 Å². The van der Waals surface area contributed by atoms with Gasteiger partial charge in [0, 0.05) is 26.2 Å². The smallest absolute Gasteiger partial charge is 0.0110 e. The predicted octanol–water partition coefficient (Wildman–Crippen LogP) is 4.15. The molecule has 1 heterocycles. The zero-order valence-corrected chi connectivity index (χ0v) is 13.5. The Morgan fingerprint density at radius 2 is 1.11 bits per heavy atom. The molecular weight excluding hydrogens is 232 g/mol. The van der Waals surface area contributed by atoms with E-state index in [4.69, 9.17) is 0 Å². The first-order valence-electron chi connectivity index (χ1n) is 8.74. The Bertz CT molecular complexity index is 186. The highest BCUT2D eigenvalue weighted by Gasteiger charge is 2.12. The summed E-state index contributed by atoms with van der Waals surface area (Å²) in [6.07, 6.45) is 14.5. The molecule has 19 heavy (non-hydrogen) atoms. The molecule has 0 N–H and O–H groups in total. The molecule has 0 atom stereocenters. The second kappa shape index (κ2) is 11.7. The molecule has 1 fully saturated rings. The lowest BCUT2D eigenvalue weighted by atomic mass is 10.1. The quantitative estimate of drug-likeness (QED) is 0.519. The molecule has 0 aromatic carbocycles. The van der Waals surface area contributed by atoms with Crippen molar-refractivity contribution in [2.45, 2.75) is 71.1 Å². The van der Waals surface area contributed by atoms with Gasteiger partial charge in [-0.05, 0) is 20.0 Å². The topological polar surface area (TPSA) is 6.48 Å². The number of unbranched alkanes of at least 4 members (excludes halogenated alkanes) is 9. The third-order valence-corrected chi connectivity index (χ3v) is 4.42. The van der Waals surface area contributed by atoms with E-state index < -0.39 is 0 Å². The highest BCUT2D eigenvalue weighted by molar-refractivity contribution is 4.68. The Hall–Kier alpha value is -0.0800. The van der Waals surface area contributed by atoms with Gasteiger partial charge < -0.3 is 9.80 Å². The molecule has 0 amide bonds. The van der Waals surface area contributed by atoms with Crippen LogP contribution in [0.2, 0.25) is 0 Å². The van der Waals surface area contributed by atoms with Gasteiger partial charge in [-0.25, -0.2) is 0 Å². The van der Waals surface area contributed by atoms with E-state index in [2.05, 4.69) is 23.8 Å². The maximum Gasteiger partial charge on any atom is 0.0110 e. The Balaban J connectivity index is 1.76. The van der Waals surface area contributed by atoms with Crippen LogP contribution in [0.25, 0.3) is 0 Å². The second-order valence-electron chi connectivity index (χ2n) is 6.33. The minimum atomic E-state index is 1.26. The summed E-state index contributed by atoms with van der Waals surface area (Å²) in [5.74, 6) is 0. The van der Waals surface area contributed by atoms with Crippen LogP contribution < -0.4 is 0 Å². The molecule has 2 heteroatoms. The van der Waals surface area contributed by atoms with E-state index in [0.29, 0.717) is 0 Å². The minimum Gasteiger partial charge on any atom is -0.304 e. The first-order chi connectivity index (χ1) is 9.33. The summed E-state index contributed by atoms with van der Waals surface area (Å²) in [6, 6.07) is 0. The van der Waals surface area contributed by atoms with E-state index in [1.54, 1.807) is 0 Å². The number of piperazine rings is 1. The normalized spacial score (nSPS) is 18.0. The molecule has 2 nitrogen and oxygen atoms in total. The van der Waals surface area contributed by atoms with Crippen LogP contribution in [0.15, 0.2) is 0 Å². The molecule has 0 aromatic rings. The van der Waals surface area contributed by atoms with E-state index >= 15 is 0 Å². The molecule has 0 bridgehead atoms. The molecular formula is C17H36N2. The first-order valence-corrected chi connectivity index (χ1v) is 8.74. The van der Waals surface area contributed by atoms with Gasteiger partial charge in [0.2, 0.25) is 0 Å². The van der Waals surface area contributed by atoms with Crippen molar-refractivity contribution in [1.29, 1.82) is 0 Å². The zero-order chi connectivity index (χ0) is 13.8. The van der Waals surface area contributed by atoms with Crippen molar-refractivity contribution >= 4 is 0 Å². The van der Waals surface area contributed by atoms with Gasteiger partial charge in [0.15, 0.2) is 0 Å². The summed E-state index contributed by atoms with van der Waals surface area (Å²) in [7, 11) is 2.23. The van der Waals surface area contributed by atoms with Gasteiger partial charge in [-0.15, -0.1) is 0 Å². The van der Waals surface area contributed by atoms with Gasteiger partial charge in [-0.1, -0.05) is 64.7 Å². The van der Waals surface area contributed by atoms with Crippen LogP contribution >= 0.6 is 0 Å². The van der Waals surface area contributed by atoms with E-state index in [0.717, 1.165) is 0 Å². The molecule has 0 saturated carbocycles. The molecule has 0 aliphatic carbocycles. The van der Waals surface area contributed by atoms with Crippen molar-refractivity contribution in [3.8, 4) is 0 Å². The summed E-state index contributed by atoms with van der Waals surface area (Å²) in [6.45, 7) is 8.72. The number of hydrogen-bond donors (Lipinski definition) is 0. The van der Waals surface area contributed by atoms with Crippen molar-refractivity contribution < 1.29 is 0 Å². The molecule has 1 rings (SSSR count). The number of rotatable bonds is 11. The highest BCUT2D eigenvalue weighted by atomic mass is 15.2. The maximum absolute atomic E-state index is 2.64. The second-order valence-corrected chi connectivity index (χ2v) is 6.33. The van der Waals surface area contributed by atoms with Crippen LogP contribution in [0.4, 0.5) is 0 Å². The standard InChI is InChI=1S/C17H36N2/c1-3-4-5-6-7-8-9-10-11-12-13-19-16-14-18(2)15-17-19/h3-17H2,1-2H3. The molecule has 1 saturated heterocycles. The summed E-state index contributed by atoms with van der Waals surface area (Å²) >= 11 is 0. The van der Waals surface area contributed by atoms with Crippen molar-refractivity contribution in [2.24, 2.45) is 0 Å². The van der Waals surface area contributed by atoms with Crippen LogP contribution in [0, 0.1) is 0 Å². The Morgan fingerprint density at radius 1 is 0.632 bits per heavy atom. The van der Waals surface area contributed by atoms with E-state index in [9.17, 15) is 0 Å². The van der Waals surface area contributed by atoms with Crippen molar-refractivity contribution in [1.82, 2.24) is 9.80 Å². The van der Waals surface area contributed by atoms with Crippen molar-refractivity contribution in [3.05, 3.63) is 0 Å². The molecule has 1 aliphatic rings. The molecule has 0 spiro atoms. The molecule has 0 aromatic heterocycles. The van der Waals surface area contributed by atoms with Crippen LogP contribution in [-0.2, 0) is 0 Å². The fraction of sp³-hybridized carbons (Fsp3) is 1.00. The fourth-order valence-corrected chi connectivity index (χ4v) is 2.89. The van der Waals surface area contributed by atoms with Crippen molar-refractivity contribution in [3.63, 3.8) is 0 Å². The lowest BCUT2D eigenvalue weighted by Gasteiger charge is -2.32. The Labute approximate surface area is 121 Å². The van der Waals surface area contributed by atoms with Gasteiger partial charge in [0.05, 0.1) is 0 Å². The van der Waals surface area contributed by atoms with Gasteiger partial charge >= 0.3 is 0 Å². The largest absolute Gasteiger partial charge is 0.304 e.